The van der Waals surface area contributed by atoms with Gasteiger partial charge in [0.1, 0.15) is 11.4 Å². The van der Waals surface area contributed by atoms with E-state index in [1.807, 2.05) is 18.2 Å². The summed E-state index contributed by atoms with van der Waals surface area (Å²) in [6.45, 7) is 6.29. The van der Waals surface area contributed by atoms with Crippen LogP contribution in [-0.2, 0) is 16.6 Å². The Hall–Kier alpha value is -2.89. The third-order valence-electron chi connectivity index (χ3n) is 3.70. The fraction of sp³-hybridized carbons (Fsp3) is 0.316. The lowest BCUT2D eigenvalue weighted by atomic mass is 9.85. The van der Waals surface area contributed by atoms with Crippen LogP contribution in [-0.4, -0.2) is 29.1 Å². The summed E-state index contributed by atoms with van der Waals surface area (Å²) < 4.78 is 5.45. The highest BCUT2D eigenvalue weighted by Crippen LogP contribution is 2.32. The maximum atomic E-state index is 12.2. The van der Waals surface area contributed by atoms with E-state index in [1.54, 1.807) is 13.2 Å². The van der Waals surface area contributed by atoms with Crippen LogP contribution >= 0.6 is 0 Å². The average Bonchev–Trinajstić information content (AvgIpc) is 2.53. The number of nitrogens with zero attached hydrogens (tertiary/aromatic N) is 1. The number of hydrogen-bond donors (Lipinski definition) is 2. The minimum Gasteiger partial charge on any atom is -0.496 e. The van der Waals surface area contributed by atoms with Crippen LogP contribution in [0.3, 0.4) is 0 Å². The number of carboxylic acids is 1. The van der Waals surface area contributed by atoms with E-state index in [1.165, 1.54) is 12.3 Å². The van der Waals surface area contributed by atoms with Crippen LogP contribution in [0.25, 0.3) is 0 Å². The molecule has 0 radical (unpaired) electrons. The van der Waals surface area contributed by atoms with Crippen molar-refractivity contribution in [2.75, 3.05) is 12.4 Å². The zero-order chi connectivity index (χ0) is 18.6. The molecule has 6 heteroatoms. The van der Waals surface area contributed by atoms with E-state index in [0.29, 0.717) is 5.69 Å². The fourth-order valence-electron chi connectivity index (χ4n) is 2.48. The maximum absolute atomic E-state index is 12.2. The van der Waals surface area contributed by atoms with Gasteiger partial charge in [-0.2, -0.15) is 0 Å². The molecule has 0 saturated carbocycles. The van der Waals surface area contributed by atoms with Gasteiger partial charge in [-0.3, -0.25) is 4.79 Å². The van der Waals surface area contributed by atoms with E-state index >= 15 is 0 Å². The Balaban J connectivity index is 2.13. The number of nitrogens with one attached hydrogen (secondary N) is 1. The number of carbonyl (C=O) groups excluding carboxylic acids is 1. The summed E-state index contributed by atoms with van der Waals surface area (Å²) in [7, 11) is 1.61. The largest absolute Gasteiger partial charge is 0.496 e. The van der Waals surface area contributed by atoms with Gasteiger partial charge in [-0.15, -0.1) is 0 Å². The Bertz CT molecular complexity index is 794. The Morgan fingerprint density at radius 3 is 2.52 bits per heavy atom. The van der Waals surface area contributed by atoms with Crippen LogP contribution in [0, 0.1) is 0 Å². The number of aromatic carboxylic acids is 1. The quantitative estimate of drug-likeness (QED) is 0.870. The molecule has 1 amide bonds. The van der Waals surface area contributed by atoms with Crippen molar-refractivity contribution in [1.82, 2.24) is 4.98 Å². The first-order valence-corrected chi connectivity index (χ1v) is 7.87. The Kier molecular flexibility index (Phi) is 5.41. The molecule has 132 valence electrons. The molecule has 1 aromatic heterocycles. The lowest BCUT2D eigenvalue weighted by molar-refractivity contribution is -0.115. The molecular weight excluding hydrogens is 320 g/mol. The number of benzene rings is 1. The second-order valence-corrected chi connectivity index (χ2v) is 6.74. The fourth-order valence-corrected chi connectivity index (χ4v) is 2.48. The highest BCUT2D eigenvalue weighted by molar-refractivity contribution is 5.94. The Morgan fingerprint density at radius 1 is 1.20 bits per heavy atom. The van der Waals surface area contributed by atoms with Gasteiger partial charge in [0.05, 0.1) is 13.5 Å². The van der Waals surface area contributed by atoms with Gasteiger partial charge in [-0.05, 0) is 34.7 Å². The van der Waals surface area contributed by atoms with Gasteiger partial charge in [-0.25, -0.2) is 9.78 Å². The predicted octanol–water partition coefficient (Wildman–Crippen LogP) is 3.27. The normalized spacial score (nSPS) is 11.0. The molecule has 2 rings (SSSR count). The van der Waals surface area contributed by atoms with Crippen LogP contribution in [0.1, 0.15) is 42.4 Å². The summed E-state index contributed by atoms with van der Waals surface area (Å²) in [4.78, 5) is 26.9. The Labute approximate surface area is 146 Å². The zero-order valence-corrected chi connectivity index (χ0v) is 14.8. The maximum Gasteiger partial charge on any atom is 0.354 e. The van der Waals surface area contributed by atoms with E-state index in [4.69, 9.17) is 9.84 Å². The Morgan fingerprint density at radius 2 is 1.92 bits per heavy atom. The molecule has 0 aliphatic carbocycles. The first-order valence-electron chi connectivity index (χ1n) is 7.87. The number of ether oxygens (including phenoxy) is 1. The summed E-state index contributed by atoms with van der Waals surface area (Å²) in [5.74, 6) is -0.637. The second kappa shape index (κ2) is 7.34. The second-order valence-electron chi connectivity index (χ2n) is 6.74. The molecule has 0 unspecified atom stereocenters. The molecule has 2 N–H and O–H groups in total. The summed E-state index contributed by atoms with van der Waals surface area (Å²) in [5.41, 5.74) is 2.11. The molecule has 0 aliphatic heterocycles. The van der Waals surface area contributed by atoms with Gasteiger partial charge in [0.25, 0.3) is 0 Å². The molecule has 25 heavy (non-hydrogen) atoms. The predicted molar refractivity (Wildman–Crippen MR) is 95.2 cm³/mol. The molecule has 0 fully saturated rings. The van der Waals surface area contributed by atoms with Gasteiger partial charge >= 0.3 is 5.97 Å². The van der Waals surface area contributed by atoms with Crippen molar-refractivity contribution in [3.8, 4) is 5.75 Å². The van der Waals surface area contributed by atoms with E-state index in [9.17, 15) is 9.59 Å². The van der Waals surface area contributed by atoms with Crippen molar-refractivity contribution in [3.05, 3.63) is 53.3 Å². The highest BCUT2D eigenvalue weighted by Gasteiger charge is 2.19. The van der Waals surface area contributed by atoms with Crippen LogP contribution in [0.15, 0.2) is 36.5 Å². The minimum atomic E-state index is -1.14. The highest BCUT2D eigenvalue weighted by atomic mass is 16.5. The number of rotatable bonds is 5. The number of carbonyl (C=O) groups is 2. The molecule has 0 aliphatic rings. The molecule has 0 atom stereocenters. The monoisotopic (exact) mass is 342 g/mol. The van der Waals surface area contributed by atoms with Crippen molar-refractivity contribution in [2.24, 2.45) is 0 Å². The number of methoxy groups -OCH3 is 1. The van der Waals surface area contributed by atoms with Crippen LogP contribution in [0.5, 0.6) is 5.75 Å². The summed E-state index contributed by atoms with van der Waals surface area (Å²) in [6, 6.07) is 8.60. The first-order chi connectivity index (χ1) is 11.7. The summed E-state index contributed by atoms with van der Waals surface area (Å²) in [6.07, 6.45) is 1.51. The van der Waals surface area contributed by atoms with Crippen LogP contribution in [0.4, 0.5) is 5.69 Å². The van der Waals surface area contributed by atoms with Gasteiger partial charge in [0, 0.05) is 11.9 Å². The molecule has 0 bridgehead atoms. The number of carboxylic acid groups (broad SMARTS) is 1. The topological polar surface area (TPSA) is 88.5 Å². The van der Waals surface area contributed by atoms with Gasteiger partial charge in [0.2, 0.25) is 5.91 Å². The average molecular weight is 342 g/mol. The van der Waals surface area contributed by atoms with E-state index < -0.39 is 5.97 Å². The molecular formula is C19H22N2O4. The van der Waals surface area contributed by atoms with Gasteiger partial charge in [0.15, 0.2) is 0 Å². The standard InChI is InChI=1S/C19H22N2O4/c1-19(2,3)14-6-5-12(9-16(14)25-4)10-17(22)21-13-7-8-20-15(11-13)18(23)24/h5-9,11H,10H2,1-4H3,(H,23,24)(H,20,21,22). The lowest BCUT2D eigenvalue weighted by Crippen LogP contribution is -2.16. The van der Waals surface area contributed by atoms with Gasteiger partial charge in [-0.1, -0.05) is 32.9 Å². The van der Waals surface area contributed by atoms with Crippen molar-refractivity contribution in [1.29, 1.82) is 0 Å². The van der Waals surface area contributed by atoms with Crippen LogP contribution in [0.2, 0.25) is 0 Å². The summed E-state index contributed by atoms with van der Waals surface area (Å²) in [5, 5.41) is 11.6. The first kappa shape index (κ1) is 18.4. The molecule has 0 saturated heterocycles. The molecule has 2 aromatic rings. The van der Waals surface area contributed by atoms with E-state index in [-0.39, 0.29) is 23.4 Å². The molecule has 6 nitrogen and oxygen atoms in total. The van der Waals surface area contributed by atoms with Crippen molar-refractivity contribution in [2.45, 2.75) is 32.6 Å². The smallest absolute Gasteiger partial charge is 0.354 e. The van der Waals surface area contributed by atoms with Gasteiger partial charge < -0.3 is 15.2 Å². The third-order valence-corrected chi connectivity index (χ3v) is 3.70. The SMILES string of the molecule is COc1cc(CC(=O)Nc2ccnc(C(=O)O)c2)ccc1C(C)(C)C. The number of aromatic nitrogens is 1. The number of hydrogen-bond acceptors (Lipinski definition) is 4. The van der Waals surface area contributed by atoms with Crippen molar-refractivity contribution in [3.63, 3.8) is 0 Å². The molecule has 0 spiro atoms. The zero-order valence-electron chi connectivity index (χ0n) is 14.8. The van der Waals surface area contributed by atoms with E-state index in [2.05, 4.69) is 31.1 Å². The number of anilines is 1. The molecule has 1 aromatic carbocycles. The minimum absolute atomic E-state index is 0.0591. The van der Waals surface area contributed by atoms with Crippen molar-refractivity contribution >= 4 is 17.6 Å². The third kappa shape index (κ3) is 4.79. The number of amides is 1. The van der Waals surface area contributed by atoms with E-state index in [0.717, 1.165) is 16.9 Å². The lowest BCUT2D eigenvalue weighted by Gasteiger charge is -2.22. The molecule has 1 heterocycles. The summed E-state index contributed by atoms with van der Waals surface area (Å²) >= 11 is 0. The number of pyridine rings is 1. The van der Waals surface area contributed by atoms with Crippen LogP contribution < -0.4 is 10.1 Å². The van der Waals surface area contributed by atoms with Crippen molar-refractivity contribution < 1.29 is 19.4 Å².